The van der Waals surface area contributed by atoms with Crippen LogP contribution in [0.15, 0.2) is 12.3 Å². The van der Waals surface area contributed by atoms with Gasteiger partial charge in [0.1, 0.15) is 23.9 Å². The third-order valence-electron chi connectivity index (χ3n) is 7.23. The van der Waals surface area contributed by atoms with Crippen LogP contribution in [0.2, 0.25) is 0 Å². The summed E-state index contributed by atoms with van der Waals surface area (Å²) in [6, 6.07) is -2.42. The summed E-state index contributed by atoms with van der Waals surface area (Å²) in [7, 11) is 0. The van der Waals surface area contributed by atoms with Crippen molar-refractivity contribution in [3.63, 3.8) is 0 Å². The molecule has 0 spiro atoms. The van der Waals surface area contributed by atoms with Crippen LogP contribution in [-0.2, 0) is 23.9 Å². The fourth-order valence-electron chi connectivity index (χ4n) is 4.52. The fourth-order valence-corrected chi connectivity index (χ4v) is 4.52. The number of hydrogen-bond acceptors (Lipinski definition) is 7. The molecule has 0 bridgehead atoms. The molecule has 1 heterocycles. The van der Waals surface area contributed by atoms with Crippen molar-refractivity contribution in [2.45, 2.75) is 123 Å². The van der Waals surface area contributed by atoms with Gasteiger partial charge in [0.2, 0.25) is 17.7 Å². The summed E-state index contributed by atoms with van der Waals surface area (Å²) in [6.07, 6.45) is 4.71. The number of carbonyl (C=O) groups excluding carboxylic acids is 4. The molecular weight excluding hydrogens is 490 g/mol. The molecular formula is C28H49N3O7. The van der Waals surface area contributed by atoms with E-state index in [-0.39, 0.29) is 11.6 Å². The number of hydrogen-bond donors (Lipinski definition) is 5. The number of aliphatic hydroxyl groups is 2. The smallest absolute Gasteiger partial charge is 0.354 e. The molecule has 1 aliphatic heterocycles. The average Bonchev–Trinajstić information content (AvgIpc) is 2.86. The van der Waals surface area contributed by atoms with Gasteiger partial charge in [-0.2, -0.15) is 0 Å². The second kappa shape index (κ2) is 16.5. The Kier molecular flexibility index (Phi) is 14.6. The van der Waals surface area contributed by atoms with Crippen molar-refractivity contribution in [2.24, 2.45) is 17.8 Å². The van der Waals surface area contributed by atoms with E-state index in [2.05, 4.69) is 29.5 Å². The number of cyclic esters (lactones) is 1. The van der Waals surface area contributed by atoms with Crippen molar-refractivity contribution in [2.75, 3.05) is 0 Å². The topological polar surface area (TPSA) is 154 Å². The molecule has 3 amide bonds. The van der Waals surface area contributed by atoms with E-state index in [4.69, 9.17) is 4.74 Å². The van der Waals surface area contributed by atoms with Crippen LogP contribution in [0.1, 0.15) is 92.9 Å². The van der Waals surface area contributed by atoms with E-state index in [1.54, 1.807) is 27.7 Å². The van der Waals surface area contributed by atoms with E-state index in [1.807, 2.05) is 0 Å². The summed E-state index contributed by atoms with van der Waals surface area (Å²) in [5, 5.41) is 28.7. The van der Waals surface area contributed by atoms with Gasteiger partial charge in [0, 0.05) is 5.92 Å². The zero-order valence-electron chi connectivity index (χ0n) is 23.9. The predicted molar refractivity (Wildman–Crippen MR) is 144 cm³/mol. The first-order chi connectivity index (χ1) is 17.8. The van der Waals surface area contributed by atoms with Gasteiger partial charge in [-0.1, -0.05) is 79.7 Å². The van der Waals surface area contributed by atoms with Crippen LogP contribution in [0.5, 0.6) is 0 Å². The Labute approximate surface area is 227 Å². The third-order valence-corrected chi connectivity index (χ3v) is 7.23. The lowest BCUT2D eigenvalue weighted by Gasteiger charge is -2.32. The van der Waals surface area contributed by atoms with Crippen LogP contribution in [0, 0.1) is 17.8 Å². The summed E-state index contributed by atoms with van der Waals surface area (Å²) in [4.78, 5) is 51.7. The second-order valence-electron chi connectivity index (χ2n) is 10.9. The number of aliphatic hydroxyl groups excluding tert-OH is 2. The monoisotopic (exact) mass is 539 g/mol. The van der Waals surface area contributed by atoms with Crippen molar-refractivity contribution in [3.8, 4) is 0 Å². The van der Waals surface area contributed by atoms with Crippen molar-refractivity contribution in [3.05, 3.63) is 12.3 Å². The Morgan fingerprint density at radius 1 is 0.868 bits per heavy atom. The number of esters is 1. The van der Waals surface area contributed by atoms with Gasteiger partial charge in [-0.15, -0.1) is 0 Å². The maximum atomic E-state index is 13.1. The molecule has 1 aliphatic rings. The largest absolute Gasteiger partial charge is 0.457 e. The Morgan fingerprint density at radius 3 is 1.97 bits per heavy atom. The normalized spacial score (nSPS) is 29.0. The van der Waals surface area contributed by atoms with Crippen LogP contribution in [-0.4, -0.2) is 64.3 Å². The average molecular weight is 540 g/mol. The van der Waals surface area contributed by atoms with Crippen LogP contribution in [0.3, 0.4) is 0 Å². The first-order valence-electron chi connectivity index (χ1n) is 14.0. The van der Waals surface area contributed by atoms with E-state index in [9.17, 15) is 29.4 Å². The Bertz CT molecular complexity index is 814. The summed E-state index contributed by atoms with van der Waals surface area (Å²) < 4.78 is 5.68. The van der Waals surface area contributed by atoms with Crippen LogP contribution in [0.4, 0.5) is 0 Å². The number of rotatable bonds is 10. The van der Waals surface area contributed by atoms with Gasteiger partial charge < -0.3 is 30.9 Å². The SMILES string of the molecule is C=C1NC(=O)[C@H]([C@H](C)O)NC(=O)[C@H](C(C)C)NC(=O)[C@H](C)[C@H](O)[C@@H](C)[C@@H](CCCCCCCCC)OC1=O. The second-order valence-corrected chi connectivity index (χ2v) is 10.9. The zero-order chi connectivity index (χ0) is 29.0. The van der Waals surface area contributed by atoms with E-state index < -0.39 is 65.9 Å². The summed E-state index contributed by atoms with van der Waals surface area (Å²) in [5.74, 6) is -4.81. The van der Waals surface area contributed by atoms with Gasteiger partial charge in [0.05, 0.1) is 18.1 Å². The number of unbranched alkanes of at least 4 members (excludes halogenated alkanes) is 6. The molecule has 5 N–H and O–H groups in total. The number of amides is 3. The quantitative estimate of drug-likeness (QED) is 0.162. The Hall–Kier alpha value is -2.46. The lowest BCUT2D eigenvalue weighted by atomic mass is 9.86. The number of carbonyl (C=O) groups is 4. The van der Waals surface area contributed by atoms with Gasteiger partial charge in [-0.3, -0.25) is 14.4 Å². The maximum Gasteiger partial charge on any atom is 0.354 e. The zero-order valence-corrected chi connectivity index (χ0v) is 23.9. The highest BCUT2D eigenvalue weighted by molar-refractivity contribution is 5.97. The molecule has 1 rings (SSSR count). The maximum absolute atomic E-state index is 13.1. The molecule has 0 saturated carbocycles. The predicted octanol–water partition coefficient (Wildman–Crippen LogP) is 2.32. The van der Waals surface area contributed by atoms with Crippen LogP contribution in [0.25, 0.3) is 0 Å². The molecule has 0 unspecified atom stereocenters. The van der Waals surface area contributed by atoms with Crippen LogP contribution < -0.4 is 16.0 Å². The summed E-state index contributed by atoms with van der Waals surface area (Å²) in [5.41, 5.74) is -0.348. The minimum absolute atomic E-state index is 0.348. The minimum atomic E-state index is -1.40. The first kappa shape index (κ1) is 33.6. The van der Waals surface area contributed by atoms with Crippen molar-refractivity contribution in [1.82, 2.24) is 16.0 Å². The summed E-state index contributed by atoms with van der Waals surface area (Å²) in [6.45, 7) is 13.8. The van der Waals surface area contributed by atoms with Crippen molar-refractivity contribution in [1.29, 1.82) is 0 Å². The van der Waals surface area contributed by atoms with Gasteiger partial charge in [-0.25, -0.2) is 4.79 Å². The summed E-state index contributed by atoms with van der Waals surface area (Å²) >= 11 is 0. The van der Waals surface area contributed by atoms with Gasteiger partial charge in [0.15, 0.2) is 0 Å². The van der Waals surface area contributed by atoms with E-state index >= 15 is 0 Å². The Morgan fingerprint density at radius 2 is 1.42 bits per heavy atom. The van der Waals surface area contributed by atoms with Crippen molar-refractivity contribution >= 4 is 23.7 Å². The van der Waals surface area contributed by atoms with Crippen LogP contribution >= 0.6 is 0 Å². The minimum Gasteiger partial charge on any atom is -0.457 e. The molecule has 0 aromatic carbocycles. The highest BCUT2D eigenvalue weighted by Gasteiger charge is 2.38. The molecule has 10 heteroatoms. The van der Waals surface area contributed by atoms with E-state index in [0.29, 0.717) is 6.42 Å². The lowest BCUT2D eigenvalue weighted by Crippen LogP contribution is -2.59. The Balaban J connectivity index is 3.21. The third kappa shape index (κ3) is 10.4. The van der Waals surface area contributed by atoms with Gasteiger partial charge in [0.25, 0.3) is 0 Å². The molecule has 1 fully saturated rings. The van der Waals surface area contributed by atoms with E-state index in [1.165, 1.54) is 26.2 Å². The molecule has 10 nitrogen and oxygen atoms in total. The molecule has 0 radical (unpaired) electrons. The van der Waals surface area contributed by atoms with Gasteiger partial charge in [-0.05, 0) is 25.7 Å². The molecule has 0 aliphatic carbocycles. The standard InChI is InChI=1S/C28H49N3O7/c1-8-9-10-11-12-13-14-15-21-17(4)24(33)18(5)25(34)30-22(16(2)3)26(35)31-23(20(7)32)27(36)29-19(6)28(37)38-21/h16-18,20-24,32-33H,6,8-15H2,1-5,7H3,(H,29,36)(H,30,34)(H,31,35)/t17-,18+,20-,21+,22-,23-,24+/m0/s1. The fraction of sp³-hybridized carbons (Fsp3) is 0.786. The lowest BCUT2D eigenvalue weighted by molar-refractivity contribution is -0.152. The highest BCUT2D eigenvalue weighted by Crippen LogP contribution is 2.25. The molecule has 218 valence electrons. The van der Waals surface area contributed by atoms with Crippen molar-refractivity contribution < 1.29 is 34.1 Å². The van der Waals surface area contributed by atoms with Gasteiger partial charge >= 0.3 is 5.97 Å². The molecule has 0 aromatic heterocycles. The molecule has 38 heavy (non-hydrogen) atoms. The molecule has 1 saturated heterocycles. The highest BCUT2D eigenvalue weighted by atomic mass is 16.5. The molecule has 0 aromatic rings. The number of nitrogens with one attached hydrogen (secondary N) is 3. The van der Waals surface area contributed by atoms with E-state index in [0.717, 1.165) is 25.7 Å². The first-order valence-corrected chi connectivity index (χ1v) is 14.0. The molecule has 7 atom stereocenters. The number of ether oxygens (including phenoxy) is 1.